The molecule has 0 spiro atoms. The molecule has 0 unspecified atom stereocenters. The predicted octanol–water partition coefficient (Wildman–Crippen LogP) is 0.574. The molecule has 0 saturated carbocycles. The molecule has 0 aromatic carbocycles. The van der Waals surface area contributed by atoms with E-state index in [0.29, 0.717) is 25.9 Å². The summed E-state index contributed by atoms with van der Waals surface area (Å²) in [7, 11) is 3.40. The number of nitro groups is 1. The first-order valence-electron chi connectivity index (χ1n) is 6.81. The summed E-state index contributed by atoms with van der Waals surface area (Å²) in [4.78, 5) is 31.5. The number of nitrogens with one attached hydrogen (secondary N) is 1. The van der Waals surface area contributed by atoms with Gasteiger partial charge in [-0.1, -0.05) is 0 Å². The molecule has 10 heteroatoms. The molecule has 22 heavy (non-hydrogen) atoms. The highest BCUT2D eigenvalue weighted by Gasteiger charge is 2.31. The van der Waals surface area contributed by atoms with Gasteiger partial charge in [0.2, 0.25) is 11.6 Å². The summed E-state index contributed by atoms with van der Waals surface area (Å²) < 4.78 is 0. The van der Waals surface area contributed by atoms with Crippen molar-refractivity contribution in [1.82, 2.24) is 15.0 Å². The van der Waals surface area contributed by atoms with Gasteiger partial charge in [0.25, 0.3) is 0 Å². The summed E-state index contributed by atoms with van der Waals surface area (Å²) in [5.41, 5.74) is 2.58. The SMILES string of the molecule is CN(C)Nc1ncnc(N2CCC(C(=O)O)CC2)c1[N+](=O)[O-]. The lowest BCUT2D eigenvalue weighted by molar-refractivity contribution is -0.383. The molecular weight excluding hydrogens is 292 g/mol. The van der Waals surface area contributed by atoms with Gasteiger partial charge in [0.15, 0.2) is 0 Å². The quantitative estimate of drug-likeness (QED) is 0.593. The van der Waals surface area contributed by atoms with Crippen LogP contribution in [0.4, 0.5) is 17.3 Å². The second kappa shape index (κ2) is 6.52. The van der Waals surface area contributed by atoms with Crippen LogP contribution in [0.15, 0.2) is 6.33 Å². The molecule has 1 saturated heterocycles. The van der Waals surface area contributed by atoms with Crippen LogP contribution in [0.5, 0.6) is 0 Å². The fourth-order valence-corrected chi connectivity index (χ4v) is 2.40. The van der Waals surface area contributed by atoms with E-state index in [4.69, 9.17) is 5.11 Å². The number of nitrogens with zero attached hydrogens (tertiary/aromatic N) is 5. The maximum Gasteiger partial charge on any atom is 0.354 e. The van der Waals surface area contributed by atoms with Gasteiger partial charge in [-0.05, 0) is 12.8 Å². The minimum Gasteiger partial charge on any atom is -0.481 e. The van der Waals surface area contributed by atoms with E-state index in [0.717, 1.165) is 0 Å². The van der Waals surface area contributed by atoms with Gasteiger partial charge in [-0.3, -0.25) is 20.3 Å². The van der Waals surface area contributed by atoms with E-state index in [-0.39, 0.29) is 17.3 Å². The Hall–Kier alpha value is -2.49. The van der Waals surface area contributed by atoms with Crippen molar-refractivity contribution in [2.24, 2.45) is 5.92 Å². The predicted molar refractivity (Wildman–Crippen MR) is 78.6 cm³/mol. The highest BCUT2D eigenvalue weighted by atomic mass is 16.6. The van der Waals surface area contributed by atoms with Crippen LogP contribution in [0.25, 0.3) is 0 Å². The number of piperidine rings is 1. The van der Waals surface area contributed by atoms with Crippen LogP contribution in [0, 0.1) is 16.0 Å². The number of hydrogen-bond acceptors (Lipinski definition) is 8. The molecule has 1 aromatic rings. The molecule has 2 rings (SSSR count). The monoisotopic (exact) mass is 310 g/mol. The average Bonchev–Trinajstić information content (AvgIpc) is 2.46. The lowest BCUT2D eigenvalue weighted by Crippen LogP contribution is -2.37. The molecule has 1 aliphatic heterocycles. The third kappa shape index (κ3) is 3.39. The first kappa shape index (κ1) is 15.9. The van der Waals surface area contributed by atoms with Crippen molar-refractivity contribution in [2.75, 3.05) is 37.5 Å². The van der Waals surface area contributed by atoms with E-state index in [1.807, 2.05) is 0 Å². The molecule has 1 aromatic heterocycles. The van der Waals surface area contributed by atoms with Gasteiger partial charge in [0.1, 0.15) is 6.33 Å². The van der Waals surface area contributed by atoms with E-state index >= 15 is 0 Å². The van der Waals surface area contributed by atoms with E-state index < -0.39 is 16.8 Å². The highest BCUT2D eigenvalue weighted by molar-refractivity contribution is 5.72. The zero-order valence-corrected chi connectivity index (χ0v) is 12.4. The molecule has 0 radical (unpaired) electrons. The van der Waals surface area contributed by atoms with E-state index in [2.05, 4.69) is 15.4 Å². The van der Waals surface area contributed by atoms with Crippen molar-refractivity contribution < 1.29 is 14.8 Å². The van der Waals surface area contributed by atoms with E-state index in [1.54, 1.807) is 24.0 Å². The van der Waals surface area contributed by atoms with Crippen molar-refractivity contribution in [3.05, 3.63) is 16.4 Å². The average molecular weight is 310 g/mol. The summed E-state index contributed by atoms with van der Waals surface area (Å²) in [5, 5.41) is 22.0. The van der Waals surface area contributed by atoms with Crippen LogP contribution < -0.4 is 10.3 Å². The van der Waals surface area contributed by atoms with Crippen molar-refractivity contribution in [3.8, 4) is 0 Å². The summed E-state index contributed by atoms with van der Waals surface area (Å²) >= 11 is 0. The number of carbonyl (C=O) groups is 1. The van der Waals surface area contributed by atoms with Crippen molar-refractivity contribution in [2.45, 2.75) is 12.8 Å². The van der Waals surface area contributed by atoms with E-state index in [9.17, 15) is 14.9 Å². The zero-order chi connectivity index (χ0) is 16.3. The van der Waals surface area contributed by atoms with Gasteiger partial charge >= 0.3 is 11.7 Å². The summed E-state index contributed by atoms with van der Waals surface area (Å²) in [6.07, 6.45) is 2.14. The van der Waals surface area contributed by atoms with Gasteiger partial charge in [0, 0.05) is 27.2 Å². The van der Waals surface area contributed by atoms with Crippen LogP contribution in [0.1, 0.15) is 12.8 Å². The smallest absolute Gasteiger partial charge is 0.354 e. The molecule has 0 bridgehead atoms. The molecule has 0 aliphatic carbocycles. The first-order valence-corrected chi connectivity index (χ1v) is 6.81. The van der Waals surface area contributed by atoms with E-state index in [1.165, 1.54) is 6.33 Å². The fourth-order valence-electron chi connectivity index (χ4n) is 2.40. The minimum atomic E-state index is -0.827. The molecule has 0 atom stereocenters. The molecular formula is C12H18N6O4. The number of aromatic nitrogens is 2. The molecule has 2 N–H and O–H groups in total. The Morgan fingerprint density at radius 3 is 2.59 bits per heavy atom. The number of rotatable bonds is 5. The number of carboxylic acid groups (broad SMARTS) is 1. The third-order valence-corrected chi connectivity index (χ3v) is 3.46. The number of hydrazine groups is 1. The summed E-state index contributed by atoms with van der Waals surface area (Å²) in [6.45, 7) is 0.826. The Morgan fingerprint density at radius 1 is 1.45 bits per heavy atom. The van der Waals surface area contributed by atoms with Gasteiger partial charge < -0.3 is 10.0 Å². The molecule has 10 nitrogen and oxygen atoms in total. The summed E-state index contributed by atoms with van der Waals surface area (Å²) in [6, 6.07) is 0. The second-order valence-corrected chi connectivity index (χ2v) is 5.26. The molecule has 120 valence electrons. The lowest BCUT2D eigenvalue weighted by atomic mass is 9.97. The van der Waals surface area contributed by atoms with Crippen molar-refractivity contribution in [1.29, 1.82) is 0 Å². The van der Waals surface area contributed by atoms with Gasteiger partial charge in [-0.2, -0.15) is 0 Å². The van der Waals surface area contributed by atoms with Crippen LogP contribution in [0.3, 0.4) is 0 Å². The fraction of sp³-hybridized carbons (Fsp3) is 0.583. The van der Waals surface area contributed by atoms with Crippen molar-refractivity contribution in [3.63, 3.8) is 0 Å². The normalized spacial score (nSPS) is 15.9. The Kier molecular flexibility index (Phi) is 4.71. The number of anilines is 2. The molecule has 1 fully saturated rings. The number of aliphatic carboxylic acids is 1. The van der Waals surface area contributed by atoms with Gasteiger partial charge in [-0.15, -0.1) is 0 Å². The maximum absolute atomic E-state index is 11.4. The highest BCUT2D eigenvalue weighted by Crippen LogP contribution is 2.34. The van der Waals surface area contributed by atoms with Crippen LogP contribution >= 0.6 is 0 Å². The van der Waals surface area contributed by atoms with Crippen LogP contribution in [0.2, 0.25) is 0 Å². The van der Waals surface area contributed by atoms with Crippen LogP contribution in [-0.4, -0.2) is 58.2 Å². The van der Waals surface area contributed by atoms with Crippen molar-refractivity contribution >= 4 is 23.3 Å². The Labute approximate surface area is 126 Å². The summed E-state index contributed by atoms with van der Waals surface area (Å²) in [5.74, 6) is -0.906. The lowest BCUT2D eigenvalue weighted by Gasteiger charge is -2.30. The van der Waals surface area contributed by atoms with Gasteiger partial charge in [0.05, 0.1) is 10.8 Å². The zero-order valence-electron chi connectivity index (χ0n) is 12.4. The standard InChI is InChI=1S/C12H18N6O4/c1-16(2)15-10-9(18(21)22)11(14-7-13-10)17-5-3-8(4-6-17)12(19)20/h7-8H,3-6H2,1-2H3,(H,19,20)(H,13,14,15). The molecule has 0 amide bonds. The van der Waals surface area contributed by atoms with Crippen LogP contribution in [-0.2, 0) is 4.79 Å². The topological polar surface area (TPSA) is 125 Å². The Bertz CT molecular complexity index is 571. The maximum atomic E-state index is 11.4. The third-order valence-electron chi connectivity index (χ3n) is 3.46. The number of hydrogen-bond donors (Lipinski definition) is 2. The first-order chi connectivity index (χ1) is 10.4. The molecule has 1 aliphatic rings. The Morgan fingerprint density at radius 2 is 2.09 bits per heavy atom. The Balaban J connectivity index is 2.27. The van der Waals surface area contributed by atoms with Gasteiger partial charge in [-0.25, -0.2) is 15.0 Å². The second-order valence-electron chi connectivity index (χ2n) is 5.26. The molecule has 2 heterocycles. The number of carboxylic acids is 1. The largest absolute Gasteiger partial charge is 0.481 e. The minimum absolute atomic E-state index is 0.111.